The molecular formula is C27H25ClN4O3. The Kier molecular flexibility index (Phi) is 6.70. The summed E-state index contributed by atoms with van der Waals surface area (Å²) in [6, 6.07) is 22.4. The number of aromatic nitrogens is 2. The van der Waals surface area contributed by atoms with E-state index >= 15 is 0 Å². The third-order valence-electron chi connectivity index (χ3n) is 5.94. The van der Waals surface area contributed by atoms with E-state index in [1.165, 1.54) is 4.68 Å². The molecule has 0 aliphatic carbocycles. The third kappa shape index (κ3) is 4.87. The van der Waals surface area contributed by atoms with E-state index in [0.29, 0.717) is 22.1 Å². The van der Waals surface area contributed by atoms with E-state index in [2.05, 4.69) is 15.3 Å². The first-order valence-corrected chi connectivity index (χ1v) is 11.8. The highest BCUT2D eigenvalue weighted by Crippen LogP contribution is 2.33. The van der Waals surface area contributed by atoms with Crippen LogP contribution in [0.1, 0.15) is 0 Å². The lowest BCUT2D eigenvalue weighted by Crippen LogP contribution is -2.44. The van der Waals surface area contributed by atoms with Gasteiger partial charge in [-0.25, -0.2) is 0 Å². The van der Waals surface area contributed by atoms with Gasteiger partial charge in [0.1, 0.15) is 17.2 Å². The van der Waals surface area contributed by atoms with Crippen molar-refractivity contribution in [3.63, 3.8) is 0 Å². The summed E-state index contributed by atoms with van der Waals surface area (Å²) in [7, 11) is 1.66. The molecule has 0 radical (unpaired) electrons. The molecule has 5 rings (SSSR count). The first-order chi connectivity index (χ1) is 17.1. The second kappa shape index (κ2) is 10.2. The minimum Gasteiger partial charge on any atom is -0.496 e. The normalized spacial score (nSPS) is 13.5. The van der Waals surface area contributed by atoms with Gasteiger partial charge in [-0.15, -0.1) is 0 Å². The van der Waals surface area contributed by atoms with Crippen LogP contribution in [-0.4, -0.2) is 43.1 Å². The van der Waals surface area contributed by atoms with Gasteiger partial charge in [0.25, 0.3) is 0 Å². The molecule has 0 spiro atoms. The van der Waals surface area contributed by atoms with Crippen LogP contribution in [0.15, 0.2) is 83.8 Å². The molecule has 0 bridgehead atoms. The zero-order valence-electron chi connectivity index (χ0n) is 19.3. The molecule has 0 amide bonds. The number of ether oxygens (including phenoxy) is 2. The summed E-state index contributed by atoms with van der Waals surface area (Å²) in [6.07, 6.45) is 1.69. The monoisotopic (exact) mass is 488 g/mol. The average molecular weight is 489 g/mol. The number of nitrogens with zero attached hydrogens (tertiary/aromatic N) is 3. The zero-order valence-corrected chi connectivity index (χ0v) is 20.0. The van der Waals surface area contributed by atoms with Crippen molar-refractivity contribution >= 4 is 17.3 Å². The van der Waals surface area contributed by atoms with E-state index in [1.54, 1.807) is 37.6 Å². The Morgan fingerprint density at radius 2 is 1.66 bits per heavy atom. The molecule has 1 fully saturated rings. The first-order valence-electron chi connectivity index (χ1n) is 11.4. The maximum Gasteiger partial charge on any atom is 0.316 e. The number of rotatable bonds is 6. The van der Waals surface area contributed by atoms with Crippen LogP contribution in [0.2, 0.25) is 5.02 Å². The maximum atomic E-state index is 13.6. The maximum absolute atomic E-state index is 13.6. The highest BCUT2D eigenvalue weighted by atomic mass is 35.5. The molecule has 35 heavy (non-hydrogen) atoms. The number of nitrogens with one attached hydrogen (secondary N) is 1. The molecule has 178 valence electrons. The van der Waals surface area contributed by atoms with Crippen LogP contribution in [0.5, 0.6) is 17.2 Å². The molecule has 0 atom stereocenters. The molecule has 1 aliphatic rings. The van der Waals surface area contributed by atoms with Crippen molar-refractivity contribution in [2.24, 2.45) is 0 Å². The summed E-state index contributed by atoms with van der Waals surface area (Å²) >= 11 is 6.03. The Hall–Kier alpha value is -3.81. The van der Waals surface area contributed by atoms with Crippen LogP contribution < -0.4 is 25.2 Å². The molecule has 0 unspecified atom stereocenters. The van der Waals surface area contributed by atoms with Gasteiger partial charge in [0.2, 0.25) is 5.75 Å². The predicted molar refractivity (Wildman–Crippen MR) is 138 cm³/mol. The van der Waals surface area contributed by atoms with Crippen LogP contribution in [0.4, 0.5) is 5.69 Å². The third-order valence-corrected chi connectivity index (χ3v) is 6.19. The molecule has 1 N–H and O–H groups in total. The topological polar surface area (TPSA) is 68.6 Å². The van der Waals surface area contributed by atoms with Gasteiger partial charge >= 0.3 is 5.56 Å². The van der Waals surface area contributed by atoms with Gasteiger partial charge in [-0.2, -0.15) is 9.78 Å². The minimum atomic E-state index is -0.336. The van der Waals surface area contributed by atoms with Crippen LogP contribution in [0, 0.1) is 0 Å². The summed E-state index contributed by atoms with van der Waals surface area (Å²) in [5.41, 5.74) is 2.93. The van der Waals surface area contributed by atoms with E-state index in [1.807, 2.05) is 48.5 Å². The van der Waals surface area contributed by atoms with Crippen LogP contribution in [0.25, 0.3) is 16.8 Å². The van der Waals surface area contributed by atoms with Gasteiger partial charge in [0.05, 0.1) is 19.0 Å². The van der Waals surface area contributed by atoms with E-state index < -0.39 is 0 Å². The number of benzene rings is 3. The summed E-state index contributed by atoms with van der Waals surface area (Å²) < 4.78 is 13.1. The average Bonchev–Trinajstić information content (AvgIpc) is 2.91. The van der Waals surface area contributed by atoms with E-state index in [-0.39, 0.29) is 11.3 Å². The molecule has 7 nitrogen and oxygen atoms in total. The number of piperazine rings is 1. The molecule has 3 aromatic carbocycles. The molecule has 1 aromatic heterocycles. The minimum absolute atomic E-state index is 0.238. The highest BCUT2D eigenvalue weighted by Gasteiger charge is 2.21. The smallest absolute Gasteiger partial charge is 0.316 e. The Balaban J connectivity index is 1.52. The molecule has 0 saturated carbocycles. The lowest BCUT2D eigenvalue weighted by molar-refractivity contribution is 0.416. The van der Waals surface area contributed by atoms with E-state index in [4.69, 9.17) is 21.1 Å². The molecule has 1 aliphatic heterocycles. The van der Waals surface area contributed by atoms with Crippen LogP contribution in [-0.2, 0) is 0 Å². The number of para-hydroxylation sites is 1. The van der Waals surface area contributed by atoms with Crippen molar-refractivity contribution in [3.05, 3.63) is 94.4 Å². The quantitative estimate of drug-likeness (QED) is 0.422. The summed E-state index contributed by atoms with van der Waals surface area (Å²) in [4.78, 5) is 15.7. The van der Waals surface area contributed by atoms with E-state index in [9.17, 15) is 4.79 Å². The van der Waals surface area contributed by atoms with Gasteiger partial charge in [0.15, 0.2) is 0 Å². The summed E-state index contributed by atoms with van der Waals surface area (Å²) in [5, 5.41) is 8.36. The van der Waals surface area contributed by atoms with Gasteiger partial charge in [0, 0.05) is 36.8 Å². The number of halogens is 1. The van der Waals surface area contributed by atoms with Crippen molar-refractivity contribution in [1.29, 1.82) is 0 Å². The molecule has 2 heterocycles. The number of methoxy groups -OCH3 is 1. The second-order valence-corrected chi connectivity index (χ2v) is 8.55. The van der Waals surface area contributed by atoms with Gasteiger partial charge in [-0.3, -0.25) is 4.79 Å². The van der Waals surface area contributed by atoms with Gasteiger partial charge in [-0.1, -0.05) is 41.9 Å². The Labute approximate surface area is 208 Å². The zero-order chi connectivity index (χ0) is 24.2. The SMILES string of the molecule is COc1ccccc1-c1ccc(Oc2c(N3CCNCC3)cnn(-c3ccc(Cl)cc3)c2=O)cc1. The van der Waals surface area contributed by atoms with Crippen LogP contribution >= 0.6 is 11.6 Å². The predicted octanol–water partition coefficient (Wildman–Crippen LogP) is 4.76. The number of hydrogen-bond donors (Lipinski definition) is 1. The Morgan fingerprint density at radius 3 is 2.37 bits per heavy atom. The van der Waals surface area contributed by atoms with Crippen molar-refractivity contribution in [2.45, 2.75) is 0 Å². The van der Waals surface area contributed by atoms with Crippen molar-refractivity contribution in [3.8, 4) is 34.1 Å². The molecule has 4 aromatic rings. The molecular weight excluding hydrogens is 464 g/mol. The van der Waals surface area contributed by atoms with Crippen molar-refractivity contribution in [1.82, 2.24) is 15.1 Å². The summed E-state index contributed by atoms with van der Waals surface area (Å²) in [6.45, 7) is 3.17. The lowest BCUT2D eigenvalue weighted by Gasteiger charge is -2.30. The highest BCUT2D eigenvalue weighted by molar-refractivity contribution is 6.30. The first kappa shape index (κ1) is 23.0. The fraction of sp³-hybridized carbons (Fsp3) is 0.185. The van der Waals surface area contributed by atoms with Crippen molar-refractivity contribution < 1.29 is 9.47 Å². The standard InChI is InChI=1S/C27H25ClN4O3/c1-34-25-5-3-2-4-23(25)19-6-12-22(13-7-19)35-26-24(31-16-14-29-15-17-31)18-30-32(27(26)33)21-10-8-20(28)9-11-21/h2-13,18,29H,14-17H2,1H3. The van der Waals surface area contributed by atoms with Crippen LogP contribution in [0.3, 0.4) is 0 Å². The second-order valence-electron chi connectivity index (χ2n) is 8.12. The van der Waals surface area contributed by atoms with E-state index in [0.717, 1.165) is 43.1 Å². The fourth-order valence-electron chi connectivity index (χ4n) is 4.13. The number of hydrogen-bond acceptors (Lipinski definition) is 6. The lowest BCUT2D eigenvalue weighted by atomic mass is 10.0. The Morgan fingerprint density at radius 1 is 0.943 bits per heavy atom. The molecule has 8 heteroatoms. The molecule has 1 saturated heterocycles. The Bertz CT molecular complexity index is 1360. The van der Waals surface area contributed by atoms with Crippen molar-refractivity contribution in [2.75, 3.05) is 38.2 Å². The fourth-order valence-corrected chi connectivity index (χ4v) is 4.25. The van der Waals surface area contributed by atoms with Gasteiger partial charge < -0.3 is 19.7 Å². The summed E-state index contributed by atoms with van der Waals surface area (Å²) in [5.74, 6) is 1.59. The van der Waals surface area contributed by atoms with Gasteiger partial charge in [-0.05, 0) is 48.0 Å². The number of anilines is 1. The largest absolute Gasteiger partial charge is 0.496 e.